The number of ether oxygens (including phenoxy) is 1. The summed E-state index contributed by atoms with van der Waals surface area (Å²) < 4.78 is 7.15. The van der Waals surface area contributed by atoms with Crippen LogP contribution in [0.25, 0.3) is 0 Å². The van der Waals surface area contributed by atoms with Crippen molar-refractivity contribution in [1.82, 2.24) is 0 Å². The first kappa shape index (κ1) is 24.6. The first-order chi connectivity index (χ1) is 20.6. The normalized spacial score (nSPS) is 18.6. The van der Waals surface area contributed by atoms with Gasteiger partial charge in [0.25, 0.3) is 0 Å². The van der Waals surface area contributed by atoms with Gasteiger partial charge in [-0.25, -0.2) is 0 Å². The third kappa shape index (κ3) is 2.86. The molecule has 0 atom stereocenters. The van der Waals surface area contributed by atoms with E-state index >= 15 is 0 Å². The first-order valence-electron chi connectivity index (χ1n) is 14.9. The predicted octanol–water partition coefficient (Wildman–Crippen LogP) is 5.45. The second-order valence-corrected chi connectivity index (χ2v) is 19.8. The van der Waals surface area contributed by atoms with E-state index in [0.717, 1.165) is 11.5 Å². The van der Waals surface area contributed by atoms with Crippen molar-refractivity contribution in [3.63, 3.8) is 0 Å². The van der Waals surface area contributed by atoms with E-state index in [1.165, 1.54) is 43.0 Å². The van der Waals surface area contributed by atoms with Crippen molar-refractivity contribution in [3.8, 4) is 11.5 Å². The van der Waals surface area contributed by atoms with Gasteiger partial charge in [0.2, 0.25) is 0 Å². The molecule has 6 aromatic rings. The summed E-state index contributed by atoms with van der Waals surface area (Å²) in [4.78, 5) is 0. The van der Waals surface area contributed by atoms with Crippen LogP contribution in [0.5, 0.6) is 11.5 Å². The van der Waals surface area contributed by atoms with Gasteiger partial charge in [0, 0.05) is 0 Å². The Morgan fingerprint density at radius 3 is 1.43 bits per heavy atom. The van der Waals surface area contributed by atoms with E-state index in [9.17, 15) is 0 Å². The zero-order valence-electron chi connectivity index (χ0n) is 23.8. The van der Waals surface area contributed by atoms with Crippen LogP contribution in [0.4, 0.5) is 0 Å². The third-order valence-corrected chi connectivity index (χ3v) is 19.5. The van der Waals surface area contributed by atoms with Crippen LogP contribution >= 0.6 is 14.5 Å². The van der Waals surface area contributed by atoms with Gasteiger partial charge in [0.1, 0.15) is 0 Å². The Hall–Kier alpha value is -4.02. The fourth-order valence-electron chi connectivity index (χ4n) is 8.37. The van der Waals surface area contributed by atoms with E-state index < -0.39 is 14.5 Å². The third-order valence-electron chi connectivity index (χ3n) is 10.1. The van der Waals surface area contributed by atoms with Crippen molar-refractivity contribution in [2.45, 2.75) is 19.3 Å². The van der Waals surface area contributed by atoms with Crippen LogP contribution in [0.1, 0.15) is 25.0 Å². The molecule has 42 heavy (non-hydrogen) atoms. The van der Waals surface area contributed by atoms with Crippen molar-refractivity contribution in [1.29, 1.82) is 0 Å². The molecule has 0 unspecified atom stereocenters. The summed E-state index contributed by atoms with van der Waals surface area (Å²) in [5, 5.41) is 11.7. The molecule has 0 N–H and O–H groups in total. The van der Waals surface area contributed by atoms with Gasteiger partial charge >= 0.3 is 249 Å². The van der Waals surface area contributed by atoms with Crippen LogP contribution in [0.2, 0.25) is 0 Å². The molecule has 0 aliphatic carbocycles. The molecule has 9 rings (SSSR count). The fraction of sp³-hybridized carbons (Fsp3) is 0.0769. The molecule has 3 aliphatic rings. The van der Waals surface area contributed by atoms with Gasteiger partial charge in [-0.2, -0.15) is 0 Å². The second kappa shape index (κ2) is 8.52. The summed E-state index contributed by atoms with van der Waals surface area (Å²) in [6.07, 6.45) is 0. The molecule has 2 bridgehead atoms. The molecule has 3 aliphatic heterocycles. The number of rotatable bonds is 4. The summed E-state index contributed by atoms with van der Waals surface area (Å²) >= 11 is 0. The molecule has 0 fully saturated rings. The van der Waals surface area contributed by atoms with E-state index in [0.29, 0.717) is 0 Å². The second-order valence-electron chi connectivity index (χ2n) is 12.4. The molecule has 204 valence electrons. The molecule has 3 heterocycles. The number of hydrogen-bond acceptors (Lipinski definition) is 1. The van der Waals surface area contributed by atoms with Crippen LogP contribution in [0, 0.1) is 0 Å². The fourth-order valence-corrected chi connectivity index (χ4v) is 18.8. The van der Waals surface area contributed by atoms with E-state index in [4.69, 9.17) is 4.74 Å². The Balaban J connectivity index is 1.48. The standard InChI is InChI=1S/C39H32OP2/c1-39(2)31-24-15-25-32-36(31)40-37-33(41(32,27-16-7-3-8-17-27)28-18-9-4-10-19-28)26-34-38(35(37)39)42(34,29-20-11-5-12-21-29)30-22-13-6-14-23-30/h3-26,41-42H,1-2H3. The van der Waals surface area contributed by atoms with Crippen LogP contribution < -0.4 is 47.2 Å². The first-order valence-corrected chi connectivity index (χ1v) is 18.9. The van der Waals surface area contributed by atoms with Gasteiger partial charge in [0.15, 0.2) is 0 Å². The Kier molecular flexibility index (Phi) is 4.98. The predicted molar refractivity (Wildman–Crippen MR) is 185 cm³/mol. The van der Waals surface area contributed by atoms with Crippen LogP contribution in [-0.4, -0.2) is 0 Å². The monoisotopic (exact) mass is 578 g/mol. The van der Waals surface area contributed by atoms with Gasteiger partial charge in [-0.3, -0.25) is 0 Å². The molecule has 0 saturated heterocycles. The molecule has 0 amide bonds. The topological polar surface area (TPSA) is 9.23 Å². The Labute approximate surface area is 248 Å². The average Bonchev–Trinajstić information content (AvgIpc) is 3.72. The zero-order valence-corrected chi connectivity index (χ0v) is 25.8. The van der Waals surface area contributed by atoms with E-state index in [1.54, 1.807) is 10.6 Å². The van der Waals surface area contributed by atoms with Gasteiger partial charge in [0.05, 0.1) is 0 Å². The molecule has 0 spiro atoms. The molecule has 6 aromatic carbocycles. The van der Waals surface area contributed by atoms with Crippen molar-refractivity contribution in [2.24, 2.45) is 0 Å². The van der Waals surface area contributed by atoms with Gasteiger partial charge in [-0.05, 0) is 0 Å². The van der Waals surface area contributed by atoms with Gasteiger partial charge in [-0.1, -0.05) is 0 Å². The SMILES string of the molecule is CC1(C)c2cccc3c2Oc2c(cc4c(c21)[PH]4(c1ccccc1)c1ccccc1)[PH]3(c1ccccc1)c1ccccc1. The summed E-state index contributed by atoms with van der Waals surface area (Å²) in [6.45, 7) is 4.85. The quantitative estimate of drug-likeness (QED) is 0.253. The zero-order chi connectivity index (χ0) is 28.1. The van der Waals surface area contributed by atoms with Crippen LogP contribution in [0.15, 0.2) is 146 Å². The van der Waals surface area contributed by atoms with Gasteiger partial charge in [-0.15, -0.1) is 0 Å². The van der Waals surface area contributed by atoms with Crippen LogP contribution in [0.3, 0.4) is 0 Å². The molecule has 1 nitrogen and oxygen atoms in total. The molecule has 0 radical (unpaired) electrons. The minimum absolute atomic E-state index is 0.175. The number of hydrogen-bond donors (Lipinski definition) is 0. The van der Waals surface area contributed by atoms with E-state index in [2.05, 4.69) is 159 Å². The Morgan fingerprint density at radius 1 is 0.452 bits per heavy atom. The minimum atomic E-state index is -2.69. The molecule has 0 aromatic heterocycles. The number of para-hydroxylation sites is 1. The summed E-state index contributed by atoms with van der Waals surface area (Å²) in [5.41, 5.74) is 2.55. The Morgan fingerprint density at radius 2 is 0.929 bits per heavy atom. The molecule has 0 saturated carbocycles. The summed E-state index contributed by atoms with van der Waals surface area (Å²) in [7, 11) is -5.07. The van der Waals surface area contributed by atoms with Crippen molar-refractivity contribution in [3.05, 3.63) is 157 Å². The van der Waals surface area contributed by atoms with E-state index in [1.807, 2.05) is 0 Å². The maximum atomic E-state index is 7.15. The van der Waals surface area contributed by atoms with Crippen molar-refractivity contribution in [2.75, 3.05) is 0 Å². The van der Waals surface area contributed by atoms with Crippen LogP contribution in [-0.2, 0) is 5.41 Å². The summed E-state index contributed by atoms with van der Waals surface area (Å²) in [6, 6.07) is 54.8. The van der Waals surface area contributed by atoms with E-state index in [-0.39, 0.29) is 5.41 Å². The molecular weight excluding hydrogens is 546 g/mol. The molecule has 3 heteroatoms. The Bertz CT molecular complexity index is 1940. The van der Waals surface area contributed by atoms with Crippen molar-refractivity contribution < 1.29 is 4.74 Å². The number of fused-ring (bicyclic) bond motifs is 2. The summed E-state index contributed by atoms with van der Waals surface area (Å²) in [5.74, 6) is 2.22. The average molecular weight is 579 g/mol. The maximum absolute atomic E-state index is 7.15. The number of benzene rings is 6. The molecular formula is C39H32OP2. The van der Waals surface area contributed by atoms with Crippen molar-refractivity contribution >= 4 is 57.0 Å². The van der Waals surface area contributed by atoms with Gasteiger partial charge < -0.3 is 0 Å².